The molecule has 1 N–H and O–H groups in total. The first-order valence-corrected chi connectivity index (χ1v) is 9.92. The first-order valence-electron chi connectivity index (χ1n) is 9.92. The van der Waals surface area contributed by atoms with Crippen LogP contribution in [0.3, 0.4) is 0 Å². The molecule has 152 valence electrons. The smallest absolute Gasteiger partial charge is 0.250 e. The molecule has 1 aromatic rings. The number of amides is 1. The van der Waals surface area contributed by atoms with Gasteiger partial charge in [0.1, 0.15) is 0 Å². The van der Waals surface area contributed by atoms with Crippen LogP contribution in [0, 0.1) is 5.92 Å². The van der Waals surface area contributed by atoms with Crippen molar-refractivity contribution in [3.8, 4) is 0 Å². The largest absolute Gasteiger partial charge is 0.498 e. The summed E-state index contributed by atoms with van der Waals surface area (Å²) in [6, 6.07) is 10.1. The van der Waals surface area contributed by atoms with Gasteiger partial charge in [-0.2, -0.15) is 0 Å². The Balaban J connectivity index is 0.000000282. The number of carbonyl (C=O) groups excluding carboxylic acids is 1. The SMILES string of the molecule is CC.CC1CCC(C(=O)NCC2CCOC2)=CO1.COCc1ccccc1. The quantitative estimate of drug-likeness (QED) is 0.840. The number of hydrogen-bond acceptors (Lipinski definition) is 4. The van der Waals surface area contributed by atoms with E-state index in [2.05, 4.69) is 5.32 Å². The third kappa shape index (κ3) is 9.59. The molecule has 3 rings (SSSR count). The van der Waals surface area contributed by atoms with Gasteiger partial charge in [-0.3, -0.25) is 4.79 Å². The fourth-order valence-corrected chi connectivity index (χ4v) is 2.69. The van der Waals surface area contributed by atoms with Gasteiger partial charge in [-0.15, -0.1) is 0 Å². The van der Waals surface area contributed by atoms with Crippen molar-refractivity contribution >= 4 is 5.91 Å². The lowest BCUT2D eigenvalue weighted by molar-refractivity contribution is -0.118. The second kappa shape index (κ2) is 14.2. The molecule has 2 aliphatic heterocycles. The van der Waals surface area contributed by atoms with Gasteiger partial charge in [0, 0.05) is 26.2 Å². The molecule has 0 spiro atoms. The maximum Gasteiger partial charge on any atom is 0.250 e. The maximum absolute atomic E-state index is 11.8. The van der Waals surface area contributed by atoms with E-state index in [0.29, 0.717) is 19.1 Å². The second-order valence-electron chi connectivity index (χ2n) is 6.49. The number of methoxy groups -OCH3 is 1. The molecule has 0 radical (unpaired) electrons. The molecule has 5 nitrogen and oxygen atoms in total. The van der Waals surface area contributed by atoms with E-state index in [1.807, 2.05) is 51.1 Å². The van der Waals surface area contributed by atoms with Gasteiger partial charge >= 0.3 is 0 Å². The molecule has 5 heteroatoms. The van der Waals surface area contributed by atoms with Crippen molar-refractivity contribution in [2.45, 2.75) is 52.7 Å². The zero-order chi connectivity index (χ0) is 19.9. The molecule has 2 atom stereocenters. The van der Waals surface area contributed by atoms with Crippen molar-refractivity contribution in [2.75, 3.05) is 26.9 Å². The summed E-state index contributed by atoms with van der Waals surface area (Å²) in [4.78, 5) is 11.8. The van der Waals surface area contributed by atoms with Gasteiger partial charge in [-0.1, -0.05) is 44.2 Å². The Morgan fingerprint density at radius 1 is 1.22 bits per heavy atom. The number of rotatable bonds is 5. The Labute approximate surface area is 164 Å². The van der Waals surface area contributed by atoms with E-state index in [9.17, 15) is 4.79 Å². The van der Waals surface area contributed by atoms with Crippen molar-refractivity contribution in [2.24, 2.45) is 5.92 Å². The highest BCUT2D eigenvalue weighted by Gasteiger charge is 2.20. The summed E-state index contributed by atoms with van der Waals surface area (Å²) in [6.45, 7) is 9.03. The lowest BCUT2D eigenvalue weighted by Crippen LogP contribution is -2.32. The Morgan fingerprint density at radius 3 is 2.52 bits per heavy atom. The van der Waals surface area contributed by atoms with E-state index in [4.69, 9.17) is 14.2 Å². The van der Waals surface area contributed by atoms with Crippen molar-refractivity contribution in [1.82, 2.24) is 5.32 Å². The summed E-state index contributed by atoms with van der Waals surface area (Å²) in [5.41, 5.74) is 1.98. The number of hydrogen-bond donors (Lipinski definition) is 1. The molecule has 2 aliphatic rings. The van der Waals surface area contributed by atoms with E-state index in [-0.39, 0.29) is 12.0 Å². The third-order valence-corrected chi connectivity index (χ3v) is 4.28. The maximum atomic E-state index is 11.8. The first kappa shape index (κ1) is 23.2. The summed E-state index contributed by atoms with van der Waals surface area (Å²) in [5, 5.41) is 2.94. The summed E-state index contributed by atoms with van der Waals surface area (Å²) >= 11 is 0. The Hall–Kier alpha value is -1.85. The summed E-state index contributed by atoms with van der Waals surface area (Å²) < 4.78 is 15.5. The molecule has 0 bridgehead atoms. The van der Waals surface area contributed by atoms with Crippen molar-refractivity contribution in [3.05, 3.63) is 47.7 Å². The molecule has 2 unspecified atom stereocenters. The molecule has 1 fully saturated rings. The van der Waals surface area contributed by atoms with Gasteiger partial charge in [0.2, 0.25) is 5.91 Å². The molecule has 1 amide bonds. The monoisotopic (exact) mass is 377 g/mol. The summed E-state index contributed by atoms with van der Waals surface area (Å²) in [6.07, 6.45) is 4.63. The molecular formula is C22H35NO4. The van der Waals surface area contributed by atoms with Crippen LogP contribution in [0.25, 0.3) is 0 Å². The van der Waals surface area contributed by atoms with Crippen LogP contribution in [-0.4, -0.2) is 38.9 Å². The average molecular weight is 378 g/mol. The number of benzene rings is 1. The van der Waals surface area contributed by atoms with E-state index in [1.54, 1.807) is 13.4 Å². The highest BCUT2D eigenvalue weighted by Crippen LogP contribution is 2.17. The highest BCUT2D eigenvalue weighted by molar-refractivity contribution is 5.93. The Kier molecular flexibility index (Phi) is 12.2. The molecule has 0 aromatic heterocycles. The van der Waals surface area contributed by atoms with Crippen molar-refractivity contribution < 1.29 is 19.0 Å². The van der Waals surface area contributed by atoms with Crippen LogP contribution in [0.1, 0.15) is 45.6 Å². The van der Waals surface area contributed by atoms with Crippen LogP contribution in [0.4, 0.5) is 0 Å². The minimum absolute atomic E-state index is 0.0128. The highest BCUT2D eigenvalue weighted by atomic mass is 16.5. The van der Waals surface area contributed by atoms with Crippen molar-refractivity contribution in [1.29, 1.82) is 0 Å². The standard InChI is InChI=1S/C12H19NO3.C8H10O.C2H6/c1-9-2-3-11(8-16-9)12(14)13-6-10-4-5-15-7-10;1-9-7-8-5-3-2-4-6-8;1-2/h8-10H,2-7H2,1H3,(H,13,14);2-6H,7H2,1H3;1-2H3. The lowest BCUT2D eigenvalue weighted by atomic mass is 10.1. The summed E-state index contributed by atoms with van der Waals surface area (Å²) in [5.74, 6) is 0.492. The van der Waals surface area contributed by atoms with Gasteiger partial charge in [0.05, 0.1) is 31.2 Å². The Bertz CT molecular complexity index is 539. The average Bonchev–Trinajstić information content (AvgIpc) is 3.23. The van der Waals surface area contributed by atoms with Crippen molar-refractivity contribution in [3.63, 3.8) is 0 Å². The first-order chi connectivity index (χ1) is 13.2. The second-order valence-corrected chi connectivity index (χ2v) is 6.49. The van der Waals surface area contributed by atoms with Gasteiger partial charge < -0.3 is 19.5 Å². The molecule has 2 heterocycles. The van der Waals surface area contributed by atoms with Crippen LogP contribution in [0.2, 0.25) is 0 Å². The third-order valence-electron chi connectivity index (χ3n) is 4.28. The Morgan fingerprint density at radius 2 is 1.96 bits per heavy atom. The minimum Gasteiger partial charge on any atom is -0.498 e. The molecule has 0 aliphatic carbocycles. The normalized spacial score (nSPS) is 20.8. The fraction of sp³-hybridized carbons (Fsp3) is 0.591. The van der Waals surface area contributed by atoms with Gasteiger partial charge in [-0.05, 0) is 31.7 Å². The van der Waals surface area contributed by atoms with Crippen LogP contribution in [-0.2, 0) is 25.6 Å². The predicted octanol–water partition coefficient (Wildman–Crippen LogP) is 4.08. The number of carbonyl (C=O) groups is 1. The molecule has 1 saturated heterocycles. The number of nitrogens with one attached hydrogen (secondary N) is 1. The molecule has 27 heavy (non-hydrogen) atoms. The van der Waals surface area contributed by atoms with Crippen LogP contribution in [0.5, 0.6) is 0 Å². The van der Waals surface area contributed by atoms with Crippen LogP contribution >= 0.6 is 0 Å². The van der Waals surface area contributed by atoms with E-state index >= 15 is 0 Å². The zero-order valence-electron chi connectivity index (χ0n) is 17.2. The van der Waals surface area contributed by atoms with E-state index < -0.39 is 0 Å². The number of ether oxygens (including phenoxy) is 3. The molecule has 0 saturated carbocycles. The topological polar surface area (TPSA) is 56.8 Å². The molecular weight excluding hydrogens is 342 g/mol. The molecule has 1 aromatic carbocycles. The van der Waals surface area contributed by atoms with Gasteiger partial charge in [-0.25, -0.2) is 0 Å². The van der Waals surface area contributed by atoms with Crippen LogP contribution in [0.15, 0.2) is 42.2 Å². The predicted molar refractivity (Wildman–Crippen MR) is 108 cm³/mol. The summed E-state index contributed by atoms with van der Waals surface area (Å²) in [7, 11) is 1.70. The fourth-order valence-electron chi connectivity index (χ4n) is 2.69. The van der Waals surface area contributed by atoms with Gasteiger partial charge in [0.25, 0.3) is 0 Å². The van der Waals surface area contributed by atoms with E-state index in [1.165, 1.54) is 5.56 Å². The zero-order valence-corrected chi connectivity index (χ0v) is 17.2. The lowest BCUT2D eigenvalue weighted by Gasteiger charge is -2.19. The minimum atomic E-state index is 0.0128. The van der Waals surface area contributed by atoms with E-state index in [0.717, 1.165) is 38.0 Å². The van der Waals surface area contributed by atoms with Crippen LogP contribution < -0.4 is 5.32 Å². The van der Waals surface area contributed by atoms with Gasteiger partial charge in [0.15, 0.2) is 0 Å².